The summed E-state index contributed by atoms with van der Waals surface area (Å²) in [6.07, 6.45) is 0.780. The number of β-amino-alcohol motifs (C(OH)–C–C–N with tert-alkyl or cyclic N) is 1. The molecule has 0 spiro atoms. The molecular weight excluding hydrogens is 283 g/mol. The highest BCUT2D eigenvalue weighted by Crippen LogP contribution is 2.16. The Morgan fingerprint density at radius 2 is 2.14 bits per heavy atom. The van der Waals surface area contributed by atoms with Crippen molar-refractivity contribution in [3.05, 3.63) is 30.1 Å². The number of aliphatic hydroxyl groups is 1. The Hall–Kier alpha value is -1.17. The number of halogens is 1. The number of benzene rings is 1. The molecule has 2 rings (SSSR count). The van der Waals surface area contributed by atoms with E-state index < -0.39 is 0 Å². The molecule has 0 radical (unpaired) electrons. The molecule has 2 unspecified atom stereocenters. The summed E-state index contributed by atoms with van der Waals surface area (Å²) in [6.45, 7) is 8.94. The third kappa shape index (κ3) is 4.93. The second kappa shape index (κ2) is 8.46. The maximum absolute atomic E-state index is 13.5. The number of hydrogen-bond acceptors (Lipinski definition) is 4. The van der Waals surface area contributed by atoms with Gasteiger partial charge >= 0.3 is 0 Å². The number of aliphatic hydroxyl groups excluding tert-OH is 1. The number of piperazine rings is 1. The Balaban J connectivity index is 1.76. The van der Waals surface area contributed by atoms with Crippen molar-refractivity contribution in [2.45, 2.75) is 32.4 Å². The van der Waals surface area contributed by atoms with Crippen LogP contribution in [0.25, 0.3) is 0 Å². The lowest BCUT2D eigenvalue weighted by Gasteiger charge is -2.41. The van der Waals surface area contributed by atoms with E-state index in [1.165, 1.54) is 6.07 Å². The fourth-order valence-corrected chi connectivity index (χ4v) is 2.97. The zero-order chi connectivity index (χ0) is 15.9. The van der Waals surface area contributed by atoms with Crippen molar-refractivity contribution in [3.63, 3.8) is 0 Å². The van der Waals surface area contributed by atoms with Crippen molar-refractivity contribution in [1.29, 1.82) is 0 Å². The molecule has 22 heavy (non-hydrogen) atoms. The molecule has 5 heteroatoms. The zero-order valence-corrected chi connectivity index (χ0v) is 13.5. The van der Waals surface area contributed by atoms with Crippen LogP contribution in [0.3, 0.4) is 0 Å². The Labute approximate surface area is 132 Å². The Morgan fingerprint density at radius 1 is 1.36 bits per heavy atom. The van der Waals surface area contributed by atoms with Crippen LogP contribution in [0.5, 0.6) is 5.75 Å². The molecule has 0 saturated carbocycles. The Morgan fingerprint density at radius 3 is 2.82 bits per heavy atom. The summed E-state index contributed by atoms with van der Waals surface area (Å²) < 4.78 is 19.0. The molecule has 1 aliphatic heterocycles. The topological polar surface area (TPSA) is 35.9 Å². The molecule has 0 amide bonds. The normalized spacial score (nSPS) is 21.7. The Bertz CT molecular complexity index is 456. The van der Waals surface area contributed by atoms with Crippen molar-refractivity contribution >= 4 is 0 Å². The molecule has 0 aromatic heterocycles. The van der Waals surface area contributed by atoms with Crippen LogP contribution < -0.4 is 4.74 Å². The lowest BCUT2D eigenvalue weighted by molar-refractivity contribution is 0.0321. The van der Waals surface area contributed by atoms with Crippen LogP contribution in [0, 0.1) is 5.82 Å². The van der Waals surface area contributed by atoms with Gasteiger partial charge in [-0.2, -0.15) is 0 Å². The number of ether oxygens (including phenoxy) is 1. The van der Waals surface area contributed by atoms with E-state index in [4.69, 9.17) is 4.74 Å². The smallest absolute Gasteiger partial charge is 0.165 e. The minimum absolute atomic E-state index is 0.287. The van der Waals surface area contributed by atoms with Crippen LogP contribution in [0.4, 0.5) is 4.39 Å². The van der Waals surface area contributed by atoms with Gasteiger partial charge in [-0.15, -0.1) is 0 Å². The number of rotatable bonds is 7. The second-order valence-electron chi connectivity index (χ2n) is 5.99. The summed E-state index contributed by atoms with van der Waals surface area (Å²) in [4.78, 5) is 4.71. The average Bonchev–Trinajstić information content (AvgIpc) is 2.50. The minimum Gasteiger partial charge on any atom is -0.489 e. The van der Waals surface area contributed by atoms with Crippen LogP contribution in [0.1, 0.15) is 20.3 Å². The predicted octanol–water partition coefficient (Wildman–Crippen LogP) is 1.98. The van der Waals surface area contributed by atoms with Gasteiger partial charge in [-0.25, -0.2) is 4.39 Å². The van der Waals surface area contributed by atoms with Gasteiger partial charge in [0.25, 0.3) is 0 Å². The molecule has 1 N–H and O–H groups in total. The van der Waals surface area contributed by atoms with Crippen LogP contribution in [-0.4, -0.2) is 66.4 Å². The first-order chi connectivity index (χ1) is 10.6. The first kappa shape index (κ1) is 17.2. The van der Waals surface area contributed by atoms with Gasteiger partial charge in [0.2, 0.25) is 0 Å². The first-order valence-corrected chi connectivity index (χ1v) is 8.12. The number of hydrogen-bond donors (Lipinski definition) is 1. The zero-order valence-electron chi connectivity index (χ0n) is 13.5. The second-order valence-corrected chi connectivity index (χ2v) is 5.99. The van der Waals surface area contributed by atoms with E-state index in [0.29, 0.717) is 18.4 Å². The third-order valence-electron chi connectivity index (χ3n) is 4.16. The quantitative estimate of drug-likeness (QED) is 0.835. The van der Waals surface area contributed by atoms with Gasteiger partial charge in [0.05, 0.1) is 6.10 Å². The standard InChI is InChI=1S/C17H27FN2O2/c1-3-15-13-19(8-9-20(15)12-14(2)21)10-11-22-17-7-5-4-6-16(17)18/h4-7,14-15,21H,3,8-13H2,1-2H3. The molecule has 1 aromatic carbocycles. The molecule has 1 aliphatic rings. The predicted molar refractivity (Wildman–Crippen MR) is 85.7 cm³/mol. The molecule has 124 valence electrons. The maximum Gasteiger partial charge on any atom is 0.165 e. The molecule has 1 fully saturated rings. The van der Waals surface area contributed by atoms with Crippen LogP contribution >= 0.6 is 0 Å². The SMILES string of the molecule is CCC1CN(CCOc2ccccc2F)CCN1CC(C)O. The monoisotopic (exact) mass is 310 g/mol. The maximum atomic E-state index is 13.5. The summed E-state index contributed by atoms with van der Waals surface area (Å²) in [5.74, 6) is 0.0120. The molecule has 4 nitrogen and oxygen atoms in total. The van der Waals surface area contributed by atoms with E-state index >= 15 is 0 Å². The van der Waals surface area contributed by atoms with Gasteiger partial charge in [-0.05, 0) is 25.5 Å². The first-order valence-electron chi connectivity index (χ1n) is 8.12. The van der Waals surface area contributed by atoms with Crippen LogP contribution in [0.15, 0.2) is 24.3 Å². The lowest BCUT2D eigenvalue weighted by Crippen LogP contribution is -2.55. The van der Waals surface area contributed by atoms with Crippen LogP contribution in [-0.2, 0) is 0 Å². The van der Waals surface area contributed by atoms with Crippen molar-refractivity contribution in [2.75, 3.05) is 39.3 Å². The summed E-state index contributed by atoms with van der Waals surface area (Å²) in [5.41, 5.74) is 0. The van der Waals surface area contributed by atoms with Crippen molar-refractivity contribution < 1.29 is 14.2 Å². The molecule has 1 saturated heterocycles. The van der Waals surface area contributed by atoms with E-state index in [9.17, 15) is 9.50 Å². The summed E-state index contributed by atoms with van der Waals surface area (Å²) in [5, 5.41) is 9.57. The van der Waals surface area contributed by atoms with E-state index in [2.05, 4.69) is 16.7 Å². The number of nitrogens with zero attached hydrogens (tertiary/aromatic N) is 2. The summed E-state index contributed by atoms with van der Waals surface area (Å²) in [6, 6.07) is 6.98. The number of para-hydroxylation sites is 1. The van der Waals surface area contributed by atoms with E-state index in [-0.39, 0.29) is 11.9 Å². The largest absolute Gasteiger partial charge is 0.489 e. The van der Waals surface area contributed by atoms with Crippen LogP contribution in [0.2, 0.25) is 0 Å². The van der Waals surface area contributed by atoms with Gasteiger partial charge in [0, 0.05) is 38.8 Å². The summed E-state index contributed by atoms with van der Waals surface area (Å²) >= 11 is 0. The highest BCUT2D eigenvalue weighted by atomic mass is 19.1. The van der Waals surface area contributed by atoms with Crippen molar-refractivity contribution in [2.24, 2.45) is 0 Å². The van der Waals surface area contributed by atoms with Gasteiger partial charge in [-0.3, -0.25) is 9.80 Å². The Kier molecular flexibility index (Phi) is 6.61. The van der Waals surface area contributed by atoms with E-state index in [1.54, 1.807) is 18.2 Å². The molecule has 1 aromatic rings. The molecule has 0 aliphatic carbocycles. The lowest BCUT2D eigenvalue weighted by atomic mass is 10.1. The van der Waals surface area contributed by atoms with Crippen molar-refractivity contribution in [1.82, 2.24) is 9.80 Å². The average molecular weight is 310 g/mol. The van der Waals surface area contributed by atoms with Gasteiger partial charge in [-0.1, -0.05) is 19.1 Å². The highest BCUT2D eigenvalue weighted by Gasteiger charge is 2.26. The van der Waals surface area contributed by atoms with Gasteiger partial charge in [0.1, 0.15) is 6.61 Å². The summed E-state index contributed by atoms with van der Waals surface area (Å²) in [7, 11) is 0. The molecular formula is C17H27FN2O2. The van der Waals surface area contributed by atoms with Gasteiger partial charge in [0.15, 0.2) is 11.6 Å². The highest BCUT2D eigenvalue weighted by molar-refractivity contribution is 5.23. The molecule has 0 bridgehead atoms. The minimum atomic E-state index is -0.310. The fraction of sp³-hybridized carbons (Fsp3) is 0.647. The van der Waals surface area contributed by atoms with E-state index in [0.717, 1.165) is 39.1 Å². The van der Waals surface area contributed by atoms with E-state index in [1.807, 2.05) is 6.92 Å². The third-order valence-corrected chi connectivity index (χ3v) is 4.16. The molecule has 2 atom stereocenters. The fourth-order valence-electron chi connectivity index (χ4n) is 2.97. The van der Waals surface area contributed by atoms with Crippen molar-refractivity contribution in [3.8, 4) is 5.75 Å². The van der Waals surface area contributed by atoms with Gasteiger partial charge < -0.3 is 9.84 Å². The molecule has 1 heterocycles.